The first-order valence-electron chi connectivity index (χ1n) is 9.37. The van der Waals surface area contributed by atoms with Crippen LogP contribution in [0.3, 0.4) is 0 Å². The van der Waals surface area contributed by atoms with Crippen LogP contribution in [0.15, 0.2) is 30.3 Å². The van der Waals surface area contributed by atoms with Crippen LogP contribution >= 0.6 is 12.4 Å². The fraction of sp³-hybridized carbons (Fsp3) is 0.474. The van der Waals surface area contributed by atoms with E-state index in [0.29, 0.717) is 25.2 Å². The minimum absolute atomic E-state index is 0. The Morgan fingerprint density at radius 1 is 1.38 bits per heavy atom. The highest BCUT2D eigenvalue weighted by Crippen LogP contribution is 2.30. The lowest BCUT2D eigenvalue weighted by Gasteiger charge is -2.24. The number of rotatable bonds is 6. The van der Waals surface area contributed by atoms with Gasteiger partial charge in [0.25, 0.3) is 0 Å². The van der Waals surface area contributed by atoms with E-state index in [4.69, 9.17) is 5.73 Å². The summed E-state index contributed by atoms with van der Waals surface area (Å²) in [5.74, 6) is 0.214. The topological polar surface area (TPSA) is 119 Å². The highest BCUT2D eigenvalue weighted by Gasteiger charge is 2.37. The normalized spacial score (nSPS) is 19.5. The molecule has 0 saturated carbocycles. The van der Waals surface area contributed by atoms with Gasteiger partial charge in [0, 0.05) is 32.1 Å². The first kappa shape index (κ1) is 22.6. The second-order valence-electron chi connectivity index (χ2n) is 7.19. The average molecular weight is 423 g/mol. The van der Waals surface area contributed by atoms with Crippen molar-refractivity contribution in [2.24, 2.45) is 12.8 Å². The SMILES string of the molecule is CCC(Nc1c([N+](=O)[O-])c(C)nn1C)C(=O)N1C[C@@H](N)[C@H](c2ccccc2)C1.Cl. The highest BCUT2D eigenvalue weighted by atomic mass is 35.5. The summed E-state index contributed by atoms with van der Waals surface area (Å²) in [6.45, 7) is 4.45. The molecule has 3 N–H and O–H groups in total. The number of halogens is 1. The van der Waals surface area contributed by atoms with Crippen LogP contribution < -0.4 is 11.1 Å². The van der Waals surface area contributed by atoms with E-state index in [1.165, 1.54) is 4.68 Å². The Morgan fingerprint density at radius 3 is 2.62 bits per heavy atom. The van der Waals surface area contributed by atoms with Gasteiger partial charge in [0.2, 0.25) is 11.7 Å². The van der Waals surface area contributed by atoms with Gasteiger partial charge in [0.05, 0.1) is 4.92 Å². The number of nitrogens with two attached hydrogens (primary N) is 1. The molecule has 1 fully saturated rings. The van der Waals surface area contributed by atoms with Gasteiger partial charge in [-0.2, -0.15) is 5.10 Å². The summed E-state index contributed by atoms with van der Waals surface area (Å²) in [6.07, 6.45) is 0.488. The lowest BCUT2D eigenvalue weighted by atomic mass is 9.95. The Hall–Kier alpha value is -2.65. The van der Waals surface area contributed by atoms with Gasteiger partial charge in [-0.15, -0.1) is 12.4 Å². The summed E-state index contributed by atoms with van der Waals surface area (Å²) in [7, 11) is 1.62. The minimum Gasteiger partial charge on any atom is -0.353 e. The molecule has 2 aromatic rings. The number of aryl methyl sites for hydroxylation is 2. The molecule has 0 aliphatic carbocycles. The molecular formula is C19H27ClN6O3. The summed E-state index contributed by atoms with van der Waals surface area (Å²) in [6, 6.07) is 9.20. The molecule has 2 heterocycles. The van der Waals surface area contributed by atoms with E-state index < -0.39 is 11.0 Å². The monoisotopic (exact) mass is 422 g/mol. The number of hydrogen-bond donors (Lipinski definition) is 2. The third-order valence-corrected chi connectivity index (χ3v) is 5.29. The zero-order chi connectivity index (χ0) is 20.4. The molecule has 0 spiro atoms. The summed E-state index contributed by atoms with van der Waals surface area (Å²) in [4.78, 5) is 25.8. The number of nitrogens with zero attached hydrogens (tertiary/aromatic N) is 4. The fourth-order valence-corrected chi connectivity index (χ4v) is 3.81. The molecule has 1 saturated heterocycles. The largest absolute Gasteiger partial charge is 0.353 e. The molecule has 0 bridgehead atoms. The number of carbonyl (C=O) groups excluding carboxylic acids is 1. The van der Waals surface area contributed by atoms with Crippen molar-refractivity contribution in [3.8, 4) is 0 Å². The Morgan fingerprint density at radius 2 is 2.03 bits per heavy atom. The van der Waals surface area contributed by atoms with Crippen molar-refractivity contribution in [1.82, 2.24) is 14.7 Å². The third kappa shape index (κ3) is 4.51. The Bertz CT molecular complexity index is 872. The number of anilines is 1. The number of nitrogens with one attached hydrogen (secondary N) is 1. The molecule has 10 heteroatoms. The Kier molecular flexibility index (Phi) is 7.21. The molecule has 1 aromatic carbocycles. The van der Waals surface area contributed by atoms with Crippen LogP contribution in [0.1, 0.15) is 30.5 Å². The predicted molar refractivity (Wildman–Crippen MR) is 113 cm³/mol. The van der Waals surface area contributed by atoms with Gasteiger partial charge in [0.1, 0.15) is 11.7 Å². The van der Waals surface area contributed by atoms with Crippen LogP contribution in [-0.4, -0.2) is 50.7 Å². The van der Waals surface area contributed by atoms with E-state index in [2.05, 4.69) is 10.4 Å². The van der Waals surface area contributed by atoms with E-state index in [9.17, 15) is 14.9 Å². The van der Waals surface area contributed by atoms with Gasteiger partial charge in [0.15, 0.2) is 0 Å². The van der Waals surface area contributed by atoms with E-state index >= 15 is 0 Å². The Balaban J connectivity index is 0.00000300. The van der Waals surface area contributed by atoms with Crippen LogP contribution in [0.2, 0.25) is 0 Å². The maximum atomic E-state index is 13.1. The molecule has 3 atom stereocenters. The molecule has 0 radical (unpaired) electrons. The summed E-state index contributed by atoms with van der Waals surface area (Å²) < 4.78 is 1.41. The van der Waals surface area contributed by atoms with Crippen LogP contribution in [0.5, 0.6) is 0 Å². The first-order chi connectivity index (χ1) is 13.3. The average Bonchev–Trinajstić information content (AvgIpc) is 3.19. The minimum atomic E-state index is -0.588. The first-order valence-corrected chi connectivity index (χ1v) is 9.37. The molecule has 1 unspecified atom stereocenters. The smallest absolute Gasteiger partial charge is 0.333 e. The van der Waals surface area contributed by atoms with Gasteiger partial charge >= 0.3 is 5.69 Å². The molecular weight excluding hydrogens is 396 g/mol. The van der Waals surface area contributed by atoms with E-state index in [1.807, 2.05) is 37.3 Å². The van der Waals surface area contributed by atoms with E-state index in [1.54, 1.807) is 18.9 Å². The summed E-state index contributed by atoms with van der Waals surface area (Å²) in [5.41, 5.74) is 7.63. The van der Waals surface area contributed by atoms with E-state index in [0.717, 1.165) is 5.56 Å². The van der Waals surface area contributed by atoms with Crippen molar-refractivity contribution in [1.29, 1.82) is 0 Å². The van der Waals surface area contributed by atoms with Crippen LogP contribution in [0.25, 0.3) is 0 Å². The molecule has 1 aromatic heterocycles. The molecule has 1 aliphatic heterocycles. The second kappa shape index (κ2) is 9.23. The molecule has 158 valence electrons. The maximum absolute atomic E-state index is 13.1. The van der Waals surface area contributed by atoms with Gasteiger partial charge in [-0.1, -0.05) is 37.3 Å². The quantitative estimate of drug-likeness (QED) is 0.544. The number of likely N-dealkylation sites (tertiary alicyclic amines) is 1. The molecule has 1 amide bonds. The lowest BCUT2D eigenvalue weighted by Crippen LogP contribution is -2.42. The molecule has 1 aliphatic rings. The molecule has 29 heavy (non-hydrogen) atoms. The highest BCUT2D eigenvalue weighted by molar-refractivity contribution is 5.86. The maximum Gasteiger partial charge on any atom is 0.333 e. The van der Waals surface area contributed by atoms with Crippen molar-refractivity contribution < 1.29 is 9.72 Å². The number of nitro groups is 1. The van der Waals surface area contributed by atoms with Crippen LogP contribution in [0.4, 0.5) is 11.5 Å². The number of hydrogen-bond acceptors (Lipinski definition) is 6. The Labute approximate surface area is 175 Å². The van der Waals surface area contributed by atoms with E-state index in [-0.39, 0.29) is 41.8 Å². The van der Waals surface area contributed by atoms with Crippen LogP contribution in [0, 0.1) is 17.0 Å². The number of carbonyl (C=O) groups is 1. The van der Waals surface area contributed by atoms with Crippen molar-refractivity contribution in [3.63, 3.8) is 0 Å². The van der Waals surface area contributed by atoms with Gasteiger partial charge in [-0.3, -0.25) is 14.9 Å². The molecule has 3 rings (SSSR count). The summed E-state index contributed by atoms with van der Waals surface area (Å²) >= 11 is 0. The zero-order valence-corrected chi connectivity index (χ0v) is 17.6. The van der Waals surface area contributed by atoms with Gasteiger partial charge in [-0.25, -0.2) is 4.68 Å². The van der Waals surface area contributed by atoms with Gasteiger partial charge in [-0.05, 0) is 18.9 Å². The number of amides is 1. The zero-order valence-electron chi connectivity index (χ0n) is 16.7. The summed E-state index contributed by atoms with van der Waals surface area (Å²) in [5, 5.41) is 18.5. The fourth-order valence-electron chi connectivity index (χ4n) is 3.81. The van der Waals surface area contributed by atoms with Crippen molar-refractivity contribution in [2.45, 2.75) is 38.3 Å². The van der Waals surface area contributed by atoms with Crippen molar-refractivity contribution in [3.05, 3.63) is 51.7 Å². The molecule has 9 nitrogen and oxygen atoms in total. The number of benzene rings is 1. The van der Waals surface area contributed by atoms with Gasteiger partial charge < -0.3 is 16.0 Å². The lowest BCUT2D eigenvalue weighted by molar-refractivity contribution is -0.384. The second-order valence-corrected chi connectivity index (χ2v) is 7.19. The number of aromatic nitrogens is 2. The third-order valence-electron chi connectivity index (χ3n) is 5.29. The van der Waals surface area contributed by atoms with Crippen LogP contribution in [-0.2, 0) is 11.8 Å². The van der Waals surface area contributed by atoms with Crippen molar-refractivity contribution >= 4 is 29.8 Å². The standard InChI is InChI=1S/C19H26N6O3.ClH/c1-4-16(21-18-17(25(27)28)12(2)22-23(18)3)19(26)24-10-14(15(20)11-24)13-8-6-5-7-9-13;/h5-9,14-16,21H,4,10-11,20H2,1-3H3;1H/t14-,15+,16?;/m0./s1. The predicted octanol–water partition coefficient (Wildman–Crippen LogP) is 2.20. The van der Waals surface area contributed by atoms with Crippen molar-refractivity contribution in [2.75, 3.05) is 18.4 Å².